The van der Waals surface area contributed by atoms with E-state index < -0.39 is 10.8 Å². The van der Waals surface area contributed by atoms with Crippen LogP contribution in [0.5, 0.6) is 5.75 Å². The van der Waals surface area contributed by atoms with Crippen LogP contribution in [0.1, 0.15) is 39.5 Å². The maximum Gasteiger partial charge on any atom is 0.231 e. The number of carbonyl (C=O) groups excluding carboxylic acids is 2. The Labute approximate surface area is 143 Å². The first kappa shape index (κ1) is 16.8. The Morgan fingerprint density at radius 1 is 1.04 bits per heavy atom. The molecule has 0 unspecified atom stereocenters. The van der Waals surface area contributed by atoms with Crippen molar-refractivity contribution in [3.8, 4) is 5.75 Å². The molecule has 2 fully saturated rings. The number of anilines is 1. The fourth-order valence-electron chi connectivity index (χ4n) is 3.64. The number of carbonyl (C=O) groups is 2. The molecule has 1 aromatic carbocycles. The molecule has 2 aliphatic carbocycles. The molecule has 3 rings (SSSR count). The highest BCUT2D eigenvalue weighted by Gasteiger charge is 2.73. The van der Waals surface area contributed by atoms with E-state index in [9.17, 15) is 9.59 Å². The molecular weight excluding hydrogens is 304 g/mol. The average Bonchev–Trinajstić information content (AvgIpc) is 3.40. The minimum Gasteiger partial charge on any atom is -0.491 e. The van der Waals surface area contributed by atoms with Gasteiger partial charge in [-0.2, -0.15) is 0 Å². The summed E-state index contributed by atoms with van der Waals surface area (Å²) in [4.78, 5) is 27.0. The lowest BCUT2D eigenvalue weighted by atomic mass is 9.83. The van der Waals surface area contributed by atoms with Crippen molar-refractivity contribution in [2.75, 3.05) is 19.4 Å². The molecule has 1 aromatic rings. The average molecular weight is 330 g/mol. The maximum atomic E-state index is 12.9. The summed E-state index contributed by atoms with van der Waals surface area (Å²) in [5, 5.41) is 3.00. The van der Waals surface area contributed by atoms with Crippen LogP contribution in [0.2, 0.25) is 0 Å². The molecule has 0 saturated heterocycles. The smallest absolute Gasteiger partial charge is 0.231 e. The highest BCUT2D eigenvalue weighted by Crippen LogP contribution is 2.71. The van der Waals surface area contributed by atoms with Crippen LogP contribution < -0.4 is 10.1 Å². The van der Waals surface area contributed by atoms with Gasteiger partial charge in [0, 0.05) is 19.8 Å². The summed E-state index contributed by atoms with van der Waals surface area (Å²) in [5.41, 5.74) is -0.238. The van der Waals surface area contributed by atoms with Crippen molar-refractivity contribution in [2.45, 2.75) is 45.6 Å². The number of nitrogens with zero attached hydrogens (tertiary/aromatic N) is 1. The molecule has 0 aromatic heterocycles. The third-order valence-electron chi connectivity index (χ3n) is 5.15. The molecule has 2 saturated carbocycles. The maximum absolute atomic E-state index is 12.9. The van der Waals surface area contributed by atoms with Gasteiger partial charge in [-0.3, -0.25) is 9.59 Å². The van der Waals surface area contributed by atoms with Crippen molar-refractivity contribution in [1.29, 1.82) is 0 Å². The Bertz CT molecular complexity index is 641. The zero-order valence-electron chi connectivity index (χ0n) is 14.9. The molecule has 0 aliphatic heterocycles. The fraction of sp³-hybridized carbons (Fsp3) is 0.579. The standard InChI is InChI=1S/C19H26N2O3/c1-13(2)24-15-7-5-14(6-8-15)20-16(22)18(9-10-18)19(11-12-19)17(23)21(3)4/h5-8,13H,9-12H2,1-4H3,(H,20,22). The van der Waals surface area contributed by atoms with E-state index in [1.165, 1.54) is 0 Å². The van der Waals surface area contributed by atoms with Crippen LogP contribution in [-0.2, 0) is 9.59 Å². The summed E-state index contributed by atoms with van der Waals surface area (Å²) >= 11 is 0. The lowest BCUT2D eigenvalue weighted by Gasteiger charge is -2.27. The summed E-state index contributed by atoms with van der Waals surface area (Å²) in [6, 6.07) is 7.40. The summed E-state index contributed by atoms with van der Waals surface area (Å²) in [5.74, 6) is 0.856. The van der Waals surface area contributed by atoms with Gasteiger partial charge in [0.15, 0.2) is 0 Å². The first-order valence-electron chi connectivity index (χ1n) is 8.61. The molecule has 0 spiro atoms. The van der Waals surface area contributed by atoms with E-state index in [1.807, 2.05) is 38.1 Å². The Morgan fingerprint density at radius 2 is 1.58 bits per heavy atom. The van der Waals surface area contributed by atoms with Crippen LogP contribution in [0.25, 0.3) is 0 Å². The minimum atomic E-state index is -0.512. The van der Waals surface area contributed by atoms with E-state index in [0.717, 1.165) is 37.1 Å². The molecule has 0 radical (unpaired) electrons. The van der Waals surface area contributed by atoms with Crippen LogP contribution in [-0.4, -0.2) is 36.9 Å². The predicted octanol–water partition coefficient (Wildman–Crippen LogP) is 3.06. The van der Waals surface area contributed by atoms with Crippen LogP contribution in [0.3, 0.4) is 0 Å². The van der Waals surface area contributed by atoms with Gasteiger partial charge in [-0.05, 0) is 63.8 Å². The van der Waals surface area contributed by atoms with Crippen molar-refractivity contribution in [3.63, 3.8) is 0 Å². The molecule has 0 bridgehead atoms. The third-order valence-corrected chi connectivity index (χ3v) is 5.15. The number of ether oxygens (including phenoxy) is 1. The van der Waals surface area contributed by atoms with Crippen molar-refractivity contribution < 1.29 is 14.3 Å². The van der Waals surface area contributed by atoms with Crippen molar-refractivity contribution in [3.05, 3.63) is 24.3 Å². The SMILES string of the molecule is CC(C)Oc1ccc(NC(=O)C2(C3(C(=O)N(C)C)CC3)CC2)cc1. The van der Waals surface area contributed by atoms with Gasteiger partial charge in [-0.25, -0.2) is 0 Å². The van der Waals surface area contributed by atoms with Gasteiger partial charge < -0.3 is 15.0 Å². The summed E-state index contributed by atoms with van der Waals surface area (Å²) in [6.45, 7) is 3.95. The highest BCUT2D eigenvalue weighted by atomic mass is 16.5. The summed E-state index contributed by atoms with van der Waals surface area (Å²) in [7, 11) is 3.54. The Kier molecular flexibility index (Phi) is 4.06. The second-order valence-corrected chi connectivity index (χ2v) is 7.51. The molecule has 1 N–H and O–H groups in total. The van der Waals surface area contributed by atoms with Gasteiger partial charge >= 0.3 is 0 Å². The van der Waals surface area contributed by atoms with Gasteiger partial charge in [0.2, 0.25) is 11.8 Å². The molecule has 5 nitrogen and oxygen atoms in total. The summed E-state index contributed by atoms with van der Waals surface area (Å²) in [6.07, 6.45) is 3.35. The quantitative estimate of drug-likeness (QED) is 0.872. The second-order valence-electron chi connectivity index (χ2n) is 7.51. The van der Waals surface area contributed by atoms with Crippen molar-refractivity contribution >= 4 is 17.5 Å². The Hall–Kier alpha value is -2.04. The van der Waals surface area contributed by atoms with E-state index >= 15 is 0 Å². The second kappa shape index (κ2) is 5.80. The molecule has 130 valence electrons. The molecular formula is C19H26N2O3. The van der Waals surface area contributed by atoms with Crippen LogP contribution in [0.15, 0.2) is 24.3 Å². The van der Waals surface area contributed by atoms with Crippen LogP contribution in [0, 0.1) is 10.8 Å². The lowest BCUT2D eigenvalue weighted by molar-refractivity contribution is -0.141. The van der Waals surface area contributed by atoms with Crippen molar-refractivity contribution in [1.82, 2.24) is 4.90 Å². The van der Waals surface area contributed by atoms with E-state index in [1.54, 1.807) is 19.0 Å². The van der Waals surface area contributed by atoms with Gasteiger partial charge in [0.25, 0.3) is 0 Å². The predicted molar refractivity (Wildman–Crippen MR) is 92.9 cm³/mol. The van der Waals surface area contributed by atoms with E-state index in [0.29, 0.717) is 0 Å². The lowest BCUT2D eigenvalue weighted by Crippen LogP contribution is -2.42. The topological polar surface area (TPSA) is 58.6 Å². The Balaban J connectivity index is 1.70. The number of amides is 2. The highest BCUT2D eigenvalue weighted by molar-refractivity contribution is 6.03. The van der Waals surface area contributed by atoms with Gasteiger partial charge in [-0.15, -0.1) is 0 Å². The van der Waals surface area contributed by atoms with Gasteiger partial charge in [-0.1, -0.05) is 0 Å². The Morgan fingerprint density at radius 3 is 2.00 bits per heavy atom. The van der Waals surface area contributed by atoms with Crippen LogP contribution in [0.4, 0.5) is 5.69 Å². The zero-order valence-corrected chi connectivity index (χ0v) is 14.9. The molecule has 2 amide bonds. The largest absolute Gasteiger partial charge is 0.491 e. The first-order chi connectivity index (χ1) is 11.3. The van der Waals surface area contributed by atoms with Gasteiger partial charge in [0.05, 0.1) is 16.9 Å². The van der Waals surface area contributed by atoms with E-state index in [2.05, 4.69) is 5.32 Å². The fourth-order valence-corrected chi connectivity index (χ4v) is 3.64. The van der Waals surface area contributed by atoms with Crippen LogP contribution >= 0.6 is 0 Å². The molecule has 24 heavy (non-hydrogen) atoms. The zero-order chi connectivity index (χ0) is 17.5. The van der Waals surface area contributed by atoms with E-state index in [-0.39, 0.29) is 17.9 Å². The number of benzene rings is 1. The monoisotopic (exact) mass is 330 g/mol. The normalized spacial score (nSPS) is 19.5. The molecule has 0 heterocycles. The number of rotatable bonds is 6. The number of hydrogen-bond donors (Lipinski definition) is 1. The molecule has 5 heteroatoms. The van der Waals surface area contributed by atoms with E-state index in [4.69, 9.17) is 4.74 Å². The van der Waals surface area contributed by atoms with Gasteiger partial charge in [0.1, 0.15) is 5.75 Å². The number of nitrogens with one attached hydrogen (secondary N) is 1. The van der Waals surface area contributed by atoms with Crippen molar-refractivity contribution in [2.24, 2.45) is 10.8 Å². The molecule has 2 aliphatic rings. The first-order valence-corrected chi connectivity index (χ1v) is 8.61. The minimum absolute atomic E-state index is 0.0206. The number of hydrogen-bond acceptors (Lipinski definition) is 3. The summed E-state index contributed by atoms with van der Waals surface area (Å²) < 4.78 is 5.61. The third kappa shape index (κ3) is 2.76. The molecule has 0 atom stereocenters.